The number of hydrogen-bond acceptors (Lipinski definition) is 3. The van der Waals surface area contributed by atoms with Crippen LogP contribution in [0.4, 0.5) is 5.69 Å². The van der Waals surface area contributed by atoms with E-state index in [9.17, 15) is 9.59 Å². The topological polar surface area (TPSA) is 58.2 Å². The minimum absolute atomic E-state index is 0.202. The zero-order chi connectivity index (χ0) is 20.1. The maximum absolute atomic E-state index is 12.9. The fourth-order valence-corrected chi connectivity index (χ4v) is 3.37. The second-order valence-corrected chi connectivity index (χ2v) is 7.65. The van der Waals surface area contributed by atoms with Crippen molar-refractivity contribution in [1.82, 2.24) is 5.32 Å². The number of amides is 2. The highest BCUT2D eigenvalue weighted by atomic mass is 32.1. The first kappa shape index (κ1) is 19.6. The number of carbonyl (C=O) groups excluding carboxylic acids is 2. The van der Waals surface area contributed by atoms with Crippen molar-refractivity contribution in [2.45, 2.75) is 20.8 Å². The first-order valence-corrected chi connectivity index (χ1v) is 9.82. The Hall–Kier alpha value is -3.18. The summed E-state index contributed by atoms with van der Waals surface area (Å²) in [5.74, 6) is -0.681. The van der Waals surface area contributed by atoms with E-state index in [1.807, 2.05) is 68.6 Å². The lowest BCUT2D eigenvalue weighted by molar-refractivity contribution is -0.113. The van der Waals surface area contributed by atoms with E-state index in [1.165, 1.54) is 11.3 Å². The van der Waals surface area contributed by atoms with E-state index >= 15 is 0 Å². The summed E-state index contributed by atoms with van der Waals surface area (Å²) in [6, 6.07) is 16.8. The minimum Gasteiger partial charge on any atom is -0.320 e. The fraction of sp³-hybridized carbons (Fsp3) is 0.130. The molecule has 5 heteroatoms. The van der Waals surface area contributed by atoms with Gasteiger partial charge in [-0.1, -0.05) is 41.5 Å². The van der Waals surface area contributed by atoms with Crippen LogP contribution in [0.1, 0.15) is 31.9 Å². The third-order valence-corrected chi connectivity index (χ3v) is 5.09. The normalized spacial score (nSPS) is 11.2. The molecule has 2 N–H and O–H groups in total. The Morgan fingerprint density at radius 3 is 2.29 bits per heavy atom. The van der Waals surface area contributed by atoms with Crippen molar-refractivity contribution >= 4 is 34.9 Å². The van der Waals surface area contributed by atoms with E-state index in [4.69, 9.17) is 0 Å². The molecular formula is C23H22N2O2S. The zero-order valence-electron chi connectivity index (χ0n) is 16.1. The van der Waals surface area contributed by atoms with Gasteiger partial charge in [-0.3, -0.25) is 9.59 Å². The Morgan fingerprint density at radius 1 is 0.929 bits per heavy atom. The largest absolute Gasteiger partial charge is 0.320 e. The molecule has 1 aromatic heterocycles. The van der Waals surface area contributed by atoms with Crippen molar-refractivity contribution in [3.63, 3.8) is 0 Å². The summed E-state index contributed by atoms with van der Waals surface area (Å²) in [4.78, 5) is 26.4. The minimum atomic E-state index is -0.360. The third kappa shape index (κ3) is 4.96. The van der Waals surface area contributed by atoms with Gasteiger partial charge >= 0.3 is 0 Å². The molecule has 3 aromatic rings. The van der Waals surface area contributed by atoms with Crippen LogP contribution in [0.25, 0.3) is 6.08 Å². The third-order valence-electron chi connectivity index (χ3n) is 4.27. The van der Waals surface area contributed by atoms with E-state index < -0.39 is 0 Å². The molecular weight excluding hydrogens is 368 g/mol. The van der Waals surface area contributed by atoms with Crippen LogP contribution in [-0.2, 0) is 4.79 Å². The Bertz CT molecular complexity index is 1020. The van der Waals surface area contributed by atoms with Gasteiger partial charge in [-0.15, -0.1) is 11.3 Å². The molecule has 1 heterocycles. The highest BCUT2D eigenvalue weighted by Crippen LogP contribution is 2.18. The molecule has 0 saturated heterocycles. The number of nitrogens with one attached hydrogen (secondary N) is 2. The molecule has 2 amide bonds. The quantitative estimate of drug-likeness (QED) is 0.597. The summed E-state index contributed by atoms with van der Waals surface area (Å²) < 4.78 is 0. The number of hydrogen-bond donors (Lipinski definition) is 2. The standard InChI is InChI=1S/C23H22N2O2S/c1-15-6-9-18(10-7-15)22(26)25-21(14-19-5-4-12-28-19)23(27)24-20-11-8-16(2)13-17(20)3/h4-14H,1-3H3,(H,24,27)(H,25,26)/b21-14-. The average Bonchev–Trinajstić information content (AvgIpc) is 3.17. The Kier molecular flexibility index (Phi) is 6.06. The summed E-state index contributed by atoms with van der Waals surface area (Å²) in [6.45, 7) is 5.90. The van der Waals surface area contributed by atoms with Gasteiger partial charge in [0.2, 0.25) is 0 Å². The monoisotopic (exact) mass is 390 g/mol. The van der Waals surface area contributed by atoms with Gasteiger partial charge in [-0.25, -0.2) is 0 Å². The predicted octanol–water partition coefficient (Wildman–Crippen LogP) is 5.08. The van der Waals surface area contributed by atoms with Crippen molar-refractivity contribution < 1.29 is 9.59 Å². The zero-order valence-corrected chi connectivity index (χ0v) is 16.9. The van der Waals surface area contributed by atoms with Crippen LogP contribution in [-0.4, -0.2) is 11.8 Å². The van der Waals surface area contributed by atoms with Gasteiger partial charge in [0.05, 0.1) is 0 Å². The summed E-state index contributed by atoms with van der Waals surface area (Å²) in [7, 11) is 0. The van der Waals surface area contributed by atoms with Crippen molar-refractivity contribution in [1.29, 1.82) is 0 Å². The van der Waals surface area contributed by atoms with Crippen LogP contribution in [0.5, 0.6) is 0 Å². The Balaban J connectivity index is 1.85. The van der Waals surface area contributed by atoms with Gasteiger partial charge in [-0.05, 0) is 62.1 Å². The predicted molar refractivity (Wildman–Crippen MR) is 115 cm³/mol. The van der Waals surface area contributed by atoms with Crippen LogP contribution in [0.15, 0.2) is 65.7 Å². The number of carbonyl (C=O) groups is 2. The summed E-state index contributed by atoms with van der Waals surface area (Å²) >= 11 is 1.50. The van der Waals surface area contributed by atoms with Crippen LogP contribution >= 0.6 is 11.3 Å². The molecule has 142 valence electrons. The maximum atomic E-state index is 12.9. The number of aryl methyl sites for hydroxylation is 3. The van der Waals surface area contributed by atoms with Gasteiger partial charge < -0.3 is 10.6 Å². The van der Waals surface area contributed by atoms with Crippen molar-refractivity contribution in [2.24, 2.45) is 0 Å². The molecule has 0 aliphatic heterocycles. The molecule has 0 atom stereocenters. The lowest BCUT2D eigenvalue weighted by Gasteiger charge is -2.13. The molecule has 2 aromatic carbocycles. The fourth-order valence-electron chi connectivity index (χ4n) is 2.72. The van der Waals surface area contributed by atoms with Gasteiger partial charge in [0.1, 0.15) is 5.70 Å². The van der Waals surface area contributed by atoms with Gasteiger partial charge in [-0.2, -0.15) is 0 Å². The molecule has 3 rings (SSSR count). The maximum Gasteiger partial charge on any atom is 0.272 e. The van der Waals surface area contributed by atoms with E-state index in [0.29, 0.717) is 5.56 Å². The SMILES string of the molecule is Cc1ccc(C(=O)N/C(=C\c2cccs2)C(=O)Nc2ccc(C)cc2C)cc1. The lowest BCUT2D eigenvalue weighted by Crippen LogP contribution is -2.30. The van der Waals surface area contributed by atoms with Crippen LogP contribution in [0, 0.1) is 20.8 Å². The number of anilines is 1. The van der Waals surface area contributed by atoms with E-state index in [0.717, 1.165) is 27.3 Å². The molecule has 0 aliphatic rings. The summed E-state index contributed by atoms with van der Waals surface area (Å²) in [5, 5.41) is 7.58. The summed E-state index contributed by atoms with van der Waals surface area (Å²) in [6.07, 6.45) is 1.69. The number of rotatable bonds is 5. The smallest absolute Gasteiger partial charge is 0.272 e. The first-order chi connectivity index (χ1) is 13.4. The highest BCUT2D eigenvalue weighted by molar-refractivity contribution is 7.10. The Labute approximate surface area is 168 Å². The van der Waals surface area contributed by atoms with Crippen molar-refractivity contribution in [3.05, 3.63) is 92.8 Å². The van der Waals surface area contributed by atoms with Crippen LogP contribution < -0.4 is 10.6 Å². The van der Waals surface area contributed by atoms with Crippen molar-refractivity contribution in [2.75, 3.05) is 5.32 Å². The molecule has 0 bridgehead atoms. The molecule has 0 radical (unpaired) electrons. The number of benzene rings is 2. The van der Waals surface area contributed by atoms with Gasteiger partial charge in [0, 0.05) is 16.1 Å². The van der Waals surface area contributed by atoms with Gasteiger partial charge in [0.15, 0.2) is 0 Å². The molecule has 0 unspecified atom stereocenters. The highest BCUT2D eigenvalue weighted by Gasteiger charge is 2.16. The molecule has 0 saturated carbocycles. The molecule has 0 fully saturated rings. The number of thiophene rings is 1. The van der Waals surface area contributed by atoms with E-state index in [2.05, 4.69) is 10.6 Å². The van der Waals surface area contributed by atoms with Crippen LogP contribution in [0.3, 0.4) is 0 Å². The van der Waals surface area contributed by atoms with E-state index in [1.54, 1.807) is 18.2 Å². The molecule has 28 heavy (non-hydrogen) atoms. The average molecular weight is 391 g/mol. The summed E-state index contributed by atoms with van der Waals surface area (Å²) in [5.41, 5.74) is 4.58. The van der Waals surface area contributed by atoms with Gasteiger partial charge in [0.25, 0.3) is 11.8 Å². The molecule has 0 spiro atoms. The first-order valence-electron chi connectivity index (χ1n) is 8.94. The second kappa shape index (κ2) is 8.67. The second-order valence-electron chi connectivity index (χ2n) is 6.67. The van der Waals surface area contributed by atoms with Crippen LogP contribution in [0.2, 0.25) is 0 Å². The molecule has 4 nitrogen and oxygen atoms in total. The Morgan fingerprint density at radius 2 is 1.64 bits per heavy atom. The lowest BCUT2D eigenvalue weighted by atomic mass is 10.1. The van der Waals surface area contributed by atoms with Crippen molar-refractivity contribution in [3.8, 4) is 0 Å². The molecule has 0 aliphatic carbocycles. The van der Waals surface area contributed by atoms with E-state index in [-0.39, 0.29) is 17.5 Å².